The zero-order chi connectivity index (χ0) is 18.4. The minimum Gasteiger partial charge on any atom is -0.352 e. The van der Waals surface area contributed by atoms with Crippen LogP contribution in [0.1, 0.15) is 22.5 Å². The molecule has 3 rings (SSSR count). The number of nitrogens with one attached hydrogen (secondary N) is 1. The van der Waals surface area contributed by atoms with Gasteiger partial charge in [-0.25, -0.2) is 4.98 Å². The molecule has 0 saturated carbocycles. The molecule has 0 bridgehead atoms. The molecule has 0 saturated heterocycles. The highest BCUT2D eigenvalue weighted by molar-refractivity contribution is 7.14. The highest BCUT2D eigenvalue weighted by Crippen LogP contribution is 2.29. The van der Waals surface area contributed by atoms with Gasteiger partial charge in [0.05, 0.1) is 11.4 Å². The first-order valence-corrected chi connectivity index (χ1v) is 9.16. The molecule has 0 aliphatic carbocycles. The number of nitrogens with zero attached hydrogens (tertiary/aromatic N) is 2. The lowest BCUT2D eigenvalue weighted by Gasteiger charge is -2.20. The Morgan fingerprint density at radius 1 is 1.04 bits per heavy atom. The second-order valence-corrected chi connectivity index (χ2v) is 6.54. The Morgan fingerprint density at radius 3 is 2.31 bits per heavy atom. The van der Waals surface area contributed by atoms with Crippen LogP contribution >= 0.6 is 11.3 Å². The summed E-state index contributed by atoms with van der Waals surface area (Å²) in [5.74, 6) is -0.298. The first-order chi connectivity index (χ1) is 12.6. The number of aryl methyl sites for hydroxylation is 1. The molecule has 0 atom stereocenters. The van der Waals surface area contributed by atoms with Crippen LogP contribution in [0.5, 0.6) is 0 Å². The smallest absolute Gasteiger partial charge is 0.251 e. The number of carbonyl (C=O) groups is 2. The van der Waals surface area contributed by atoms with E-state index < -0.39 is 0 Å². The fourth-order valence-corrected chi connectivity index (χ4v) is 3.31. The first kappa shape index (κ1) is 17.8. The van der Waals surface area contributed by atoms with Crippen LogP contribution in [0.4, 0.5) is 10.8 Å². The normalized spacial score (nSPS) is 10.3. The Labute approximate surface area is 156 Å². The van der Waals surface area contributed by atoms with Crippen LogP contribution in [-0.4, -0.2) is 23.3 Å². The Morgan fingerprint density at radius 2 is 1.69 bits per heavy atom. The molecule has 0 aliphatic heterocycles. The summed E-state index contributed by atoms with van der Waals surface area (Å²) in [6.07, 6.45) is 0.187. The number of para-hydroxylation sites is 1. The summed E-state index contributed by atoms with van der Waals surface area (Å²) in [6.45, 7) is 2.16. The molecule has 0 aliphatic rings. The highest BCUT2D eigenvalue weighted by Gasteiger charge is 2.20. The minimum atomic E-state index is -0.185. The summed E-state index contributed by atoms with van der Waals surface area (Å²) in [6, 6.07) is 18.4. The summed E-state index contributed by atoms with van der Waals surface area (Å²) in [5.41, 5.74) is 2.22. The Hall–Kier alpha value is -2.99. The van der Waals surface area contributed by atoms with Crippen molar-refractivity contribution in [3.8, 4) is 0 Å². The molecule has 0 spiro atoms. The van der Waals surface area contributed by atoms with Crippen LogP contribution in [0.25, 0.3) is 0 Å². The SMILES string of the molecule is Cc1csc(N(C(=O)CCNC(=O)c2ccccc2)c2ccccc2)n1. The predicted octanol–water partition coefficient (Wildman–Crippen LogP) is 3.94. The van der Waals surface area contributed by atoms with Crippen LogP contribution in [0, 0.1) is 6.92 Å². The monoisotopic (exact) mass is 365 g/mol. The van der Waals surface area contributed by atoms with Crippen molar-refractivity contribution < 1.29 is 9.59 Å². The van der Waals surface area contributed by atoms with E-state index in [4.69, 9.17) is 0 Å². The topological polar surface area (TPSA) is 62.3 Å². The Balaban J connectivity index is 1.67. The molecule has 1 heterocycles. The zero-order valence-electron chi connectivity index (χ0n) is 14.4. The van der Waals surface area contributed by atoms with Gasteiger partial charge in [-0.1, -0.05) is 36.4 Å². The van der Waals surface area contributed by atoms with E-state index in [0.29, 0.717) is 10.7 Å². The van der Waals surface area contributed by atoms with Crippen molar-refractivity contribution in [3.63, 3.8) is 0 Å². The average Bonchev–Trinajstić information content (AvgIpc) is 3.09. The van der Waals surface area contributed by atoms with E-state index in [1.807, 2.05) is 60.8 Å². The van der Waals surface area contributed by atoms with Crippen LogP contribution in [-0.2, 0) is 4.79 Å². The van der Waals surface area contributed by atoms with Crippen molar-refractivity contribution in [2.75, 3.05) is 11.4 Å². The Kier molecular flexibility index (Phi) is 5.76. The lowest BCUT2D eigenvalue weighted by atomic mass is 10.2. The number of rotatable bonds is 6. The molecule has 2 aromatic carbocycles. The van der Waals surface area contributed by atoms with Crippen molar-refractivity contribution in [2.24, 2.45) is 0 Å². The van der Waals surface area contributed by atoms with E-state index in [1.165, 1.54) is 11.3 Å². The van der Waals surface area contributed by atoms with E-state index in [0.717, 1.165) is 11.4 Å². The summed E-state index contributed by atoms with van der Waals surface area (Å²) in [4.78, 5) is 30.9. The number of amides is 2. The van der Waals surface area contributed by atoms with Crippen LogP contribution < -0.4 is 10.2 Å². The lowest BCUT2D eigenvalue weighted by Crippen LogP contribution is -2.31. The van der Waals surface area contributed by atoms with E-state index in [9.17, 15) is 9.59 Å². The molecule has 6 heteroatoms. The van der Waals surface area contributed by atoms with Crippen molar-refractivity contribution >= 4 is 34.0 Å². The standard InChI is InChI=1S/C20H19N3O2S/c1-15-14-26-20(22-15)23(17-10-6-3-7-11-17)18(24)12-13-21-19(25)16-8-4-2-5-9-16/h2-11,14H,12-13H2,1H3,(H,21,25). The molecule has 0 fully saturated rings. The van der Waals surface area contributed by atoms with Gasteiger partial charge in [-0.2, -0.15) is 0 Å². The number of carbonyl (C=O) groups excluding carboxylic acids is 2. The third-order valence-corrected chi connectivity index (χ3v) is 4.67. The first-order valence-electron chi connectivity index (χ1n) is 8.28. The third-order valence-electron chi connectivity index (χ3n) is 3.72. The maximum Gasteiger partial charge on any atom is 0.251 e. The summed E-state index contributed by atoms with van der Waals surface area (Å²) < 4.78 is 0. The molecule has 5 nitrogen and oxygen atoms in total. The lowest BCUT2D eigenvalue weighted by molar-refractivity contribution is -0.117. The molecule has 26 heavy (non-hydrogen) atoms. The van der Waals surface area contributed by atoms with Gasteiger partial charge in [0, 0.05) is 23.9 Å². The van der Waals surface area contributed by atoms with Crippen molar-refractivity contribution in [1.29, 1.82) is 0 Å². The van der Waals surface area contributed by atoms with Crippen molar-refractivity contribution in [2.45, 2.75) is 13.3 Å². The number of thiazole rings is 1. The number of aromatic nitrogens is 1. The van der Waals surface area contributed by atoms with E-state index >= 15 is 0 Å². The van der Waals surface area contributed by atoms with Crippen LogP contribution in [0.15, 0.2) is 66.0 Å². The van der Waals surface area contributed by atoms with Gasteiger partial charge in [0.2, 0.25) is 5.91 Å². The molecule has 132 valence electrons. The summed E-state index contributed by atoms with van der Waals surface area (Å²) >= 11 is 1.42. The van der Waals surface area contributed by atoms with Gasteiger partial charge in [0.1, 0.15) is 0 Å². The predicted molar refractivity (Wildman–Crippen MR) is 104 cm³/mol. The van der Waals surface area contributed by atoms with E-state index in [1.54, 1.807) is 17.0 Å². The second kappa shape index (κ2) is 8.40. The maximum atomic E-state index is 12.8. The number of anilines is 2. The molecule has 2 amide bonds. The quantitative estimate of drug-likeness (QED) is 0.720. The zero-order valence-corrected chi connectivity index (χ0v) is 15.2. The highest BCUT2D eigenvalue weighted by atomic mass is 32.1. The van der Waals surface area contributed by atoms with Crippen LogP contribution in [0.2, 0.25) is 0 Å². The fraction of sp³-hybridized carbons (Fsp3) is 0.150. The largest absolute Gasteiger partial charge is 0.352 e. The maximum absolute atomic E-state index is 12.8. The summed E-state index contributed by atoms with van der Waals surface area (Å²) in [5, 5.41) is 5.33. The van der Waals surface area contributed by atoms with Crippen molar-refractivity contribution in [1.82, 2.24) is 10.3 Å². The van der Waals surface area contributed by atoms with Gasteiger partial charge in [0.15, 0.2) is 5.13 Å². The average molecular weight is 365 g/mol. The number of hydrogen-bond donors (Lipinski definition) is 1. The van der Waals surface area contributed by atoms with Crippen LogP contribution in [0.3, 0.4) is 0 Å². The molecule has 1 aromatic heterocycles. The van der Waals surface area contributed by atoms with Gasteiger partial charge in [-0.05, 0) is 31.2 Å². The Bertz CT molecular complexity index is 878. The number of benzene rings is 2. The third kappa shape index (κ3) is 4.34. The van der Waals surface area contributed by atoms with Gasteiger partial charge in [-0.15, -0.1) is 11.3 Å². The second-order valence-electron chi connectivity index (χ2n) is 5.71. The molecule has 1 N–H and O–H groups in total. The fourth-order valence-electron chi connectivity index (χ4n) is 2.47. The molecular weight excluding hydrogens is 346 g/mol. The van der Waals surface area contributed by atoms with Gasteiger partial charge in [0.25, 0.3) is 5.91 Å². The van der Waals surface area contributed by atoms with E-state index in [2.05, 4.69) is 10.3 Å². The molecule has 3 aromatic rings. The molecular formula is C20H19N3O2S. The van der Waals surface area contributed by atoms with E-state index in [-0.39, 0.29) is 24.8 Å². The van der Waals surface area contributed by atoms with Gasteiger partial charge < -0.3 is 5.32 Å². The minimum absolute atomic E-state index is 0.112. The molecule has 0 unspecified atom stereocenters. The summed E-state index contributed by atoms with van der Waals surface area (Å²) in [7, 11) is 0. The number of hydrogen-bond acceptors (Lipinski definition) is 4. The van der Waals surface area contributed by atoms with Crippen molar-refractivity contribution in [3.05, 3.63) is 77.3 Å². The van der Waals surface area contributed by atoms with Gasteiger partial charge in [-0.3, -0.25) is 14.5 Å². The molecule has 0 radical (unpaired) electrons. The van der Waals surface area contributed by atoms with Gasteiger partial charge >= 0.3 is 0 Å².